The zero-order valence-electron chi connectivity index (χ0n) is 17.8. The molecule has 2 aromatic rings. The van der Waals surface area contributed by atoms with Gasteiger partial charge in [0.05, 0.1) is 18.2 Å². The SMILES string of the molecule is Cc1cc(C2CN(C(C)C(=O)Nc3ccc(F)cn3)CCC2(F)F)cn(CC(F)(F)F)c1=O. The highest BCUT2D eigenvalue weighted by atomic mass is 19.4. The van der Waals surface area contributed by atoms with Crippen LogP contribution in [-0.2, 0) is 11.3 Å². The van der Waals surface area contributed by atoms with Gasteiger partial charge in [-0.1, -0.05) is 0 Å². The lowest BCUT2D eigenvalue weighted by molar-refractivity contribution is -0.141. The van der Waals surface area contributed by atoms with Crippen LogP contribution in [0.1, 0.15) is 30.4 Å². The number of halogens is 6. The highest BCUT2D eigenvalue weighted by Crippen LogP contribution is 2.41. The van der Waals surface area contributed by atoms with Gasteiger partial charge in [0, 0.05) is 31.3 Å². The van der Waals surface area contributed by atoms with Crippen molar-refractivity contribution in [3.63, 3.8) is 0 Å². The Kier molecular flexibility index (Phi) is 6.87. The topological polar surface area (TPSA) is 67.2 Å². The fourth-order valence-electron chi connectivity index (χ4n) is 3.79. The number of hydrogen-bond acceptors (Lipinski definition) is 4. The molecule has 3 rings (SSSR count). The van der Waals surface area contributed by atoms with Crippen LogP contribution in [0.4, 0.5) is 32.2 Å². The Balaban J connectivity index is 1.83. The predicted molar refractivity (Wildman–Crippen MR) is 108 cm³/mol. The fourth-order valence-corrected chi connectivity index (χ4v) is 3.79. The van der Waals surface area contributed by atoms with Gasteiger partial charge < -0.3 is 9.88 Å². The summed E-state index contributed by atoms with van der Waals surface area (Å²) in [5, 5.41) is 2.48. The molecule has 6 nitrogen and oxygen atoms in total. The quantitative estimate of drug-likeness (QED) is 0.669. The largest absolute Gasteiger partial charge is 0.406 e. The van der Waals surface area contributed by atoms with Gasteiger partial charge >= 0.3 is 6.18 Å². The van der Waals surface area contributed by atoms with E-state index in [1.165, 1.54) is 30.9 Å². The summed E-state index contributed by atoms with van der Waals surface area (Å²) in [7, 11) is 0. The molecule has 0 radical (unpaired) electrons. The molecular weight excluding hydrogens is 454 g/mol. The number of rotatable bonds is 5. The molecule has 1 saturated heterocycles. The molecule has 0 aliphatic carbocycles. The number of pyridine rings is 2. The van der Waals surface area contributed by atoms with E-state index in [0.29, 0.717) is 4.57 Å². The van der Waals surface area contributed by atoms with E-state index in [4.69, 9.17) is 0 Å². The number of piperidine rings is 1. The molecule has 0 aromatic carbocycles. The van der Waals surface area contributed by atoms with Crippen molar-refractivity contribution in [3.05, 3.63) is 57.9 Å². The smallest absolute Gasteiger partial charge is 0.309 e. The predicted octanol–water partition coefficient (Wildman–Crippen LogP) is 3.70. The average Bonchev–Trinajstić information content (AvgIpc) is 2.71. The maximum atomic E-state index is 14.8. The first-order valence-electron chi connectivity index (χ1n) is 10.1. The van der Waals surface area contributed by atoms with Crippen LogP contribution >= 0.6 is 0 Å². The van der Waals surface area contributed by atoms with E-state index in [0.717, 1.165) is 18.5 Å². The third-order valence-corrected chi connectivity index (χ3v) is 5.60. The molecule has 1 N–H and O–H groups in total. The number of hydrogen-bond donors (Lipinski definition) is 1. The number of alkyl halides is 5. The minimum absolute atomic E-state index is 0.0852. The van der Waals surface area contributed by atoms with Crippen molar-refractivity contribution >= 4 is 11.7 Å². The highest BCUT2D eigenvalue weighted by molar-refractivity contribution is 5.93. The molecule has 0 saturated carbocycles. The number of carbonyl (C=O) groups excluding carboxylic acids is 1. The molecule has 0 bridgehead atoms. The first-order valence-corrected chi connectivity index (χ1v) is 10.1. The van der Waals surface area contributed by atoms with Gasteiger partial charge in [-0.15, -0.1) is 0 Å². The molecule has 1 aliphatic heterocycles. The monoisotopic (exact) mass is 476 g/mol. The maximum absolute atomic E-state index is 14.8. The van der Waals surface area contributed by atoms with E-state index in [1.54, 1.807) is 0 Å². The standard InChI is InChI=1S/C21H22F6N4O2/c1-12-7-14(9-31(19(12)33)11-21(25,26)27)16-10-30(6-5-20(16,23)24)13(2)18(32)29-17-4-3-15(22)8-28-17/h3-4,7-9,13,16H,5-6,10-11H2,1-2H3,(H,28,29,32). The van der Waals surface area contributed by atoms with Crippen molar-refractivity contribution < 1.29 is 31.1 Å². The average molecular weight is 476 g/mol. The van der Waals surface area contributed by atoms with E-state index in [2.05, 4.69) is 10.3 Å². The molecular formula is C21H22F6N4O2. The van der Waals surface area contributed by atoms with Crippen LogP contribution < -0.4 is 10.9 Å². The fraction of sp³-hybridized carbons (Fsp3) is 0.476. The van der Waals surface area contributed by atoms with Gasteiger partial charge in [-0.25, -0.2) is 18.2 Å². The van der Waals surface area contributed by atoms with E-state index < -0.39 is 54.3 Å². The zero-order valence-corrected chi connectivity index (χ0v) is 17.8. The van der Waals surface area contributed by atoms with Gasteiger partial charge in [-0.3, -0.25) is 14.5 Å². The molecule has 3 heterocycles. The minimum Gasteiger partial charge on any atom is -0.309 e. The normalized spacial score (nSPS) is 19.8. The number of nitrogens with one attached hydrogen (secondary N) is 1. The van der Waals surface area contributed by atoms with Gasteiger partial charge in [-0.05, 0) is 37.6 Å². The second kappa shape index (κ2) is 9.16. The van der Waals surface area contributed by atoms with Crippen LogP contribution in [0.2, 0.25) is 0 Å². The van der Waals surface area contributed by atoms with Gasteiger partial charge in [-0.2, -0.15) is 13.2 Å². The summed E-state index contributed by atoms with van der Waals surface area (Å²) in [6, 6.07) is 2.64. The summed E-state index contributed by atoms with van der Waals surface area (Å²) >= 11 is 0. The number of amides is 1. The van der Waals surface area contributed by atoms with Crippen LogP contribution in [0.25, 0.3) is 0 Å². The Morgan fingerprint density at radius 1 is 1.33 bits per heavy atom. The van der Waals surface area contributed by atoms with Gasteiger partial charge in [0.2, 0.25) is 5.91 Å². The van der Waals surface area contributed by atoms with Crippen molar-refractivity contribution in [1.82, 2.24) is 14.5 Å². The summed E-state index contributed by atoms with van der Waals surface area (Å²) < 4.78 is 81.5. The van der Waals surface area contributed by atoms with Crippen molar-refractivity contribution in [2.45, 2.75) is 50.9 Å². The van der Waals surface area contributed by atoms with Crippen LogP contribution in [0.5, 0.6) is 0 Å². The molecule has 2 atom stereocenters. The second-order valence-corrected chi connectivity index (χ2v) is 8.09. The lowest BCUT2D eigenvalue weighted by atomic mass is 9.86. The van der Waals surface area contributed by atoms with Crippen LogP contribution in [0.3, 0.4) is 0 Å². The molecule has 12 heteroatoms. The van der Waals surface area contributed by atoms with Crippen LogP contribution in [0, 0.1) is 12.7 Å². The Labute approximate surface area is 185 Å². The first-order chi connectivity index (χ1) is 15.3. The highest BCUT2D eigenvalue weighted by Gasteiger charge is 2.46. The molecule has 2 unspecified atom stereocenters. The van der Waals surface area contributed by atoms with Gasteiger partial charge in [0.25, 0.3) is 11.5 Å². The van der Waals surface area contributed by atoms with Crippen molar-refractivity contribution in [2.24, 2.45) is 0 Å². The lowest BCUT2D eigenvalue weighted by Gasteiger charge is -2.41. The molecule has 1 amide bonds. The number of aryl methyl sites for hydroxylation is 1. The number of nitrogens with zero attached hydrogens (tertiary/aromatic N) is 3. The van der Waals surface area contributed by atoms with Crippen molar-refractivity contribution in [1.29, 1.82) is 0 Å². The minimum atomic E-state index is -4.70. The lowest BCUT2D eigenvalue weighted by Crippen LogP contribution is -2.52. The van der Waals surface area contributed by atoms with E-state index in [9.17, 15) is 35.9 Å². The number of anilines is 1. The molecule has 1 fully saturated rings. The summed E-state index contributed by atoms with van der Waals surface area (Å²) in [6.07, 6.45) is -3.59. The Hall–Kier alpha value is -2.89. The zero-order chi connectivity index (χ0) is 24.6. The summed E-state index contributed by atoms with van der Waals surface area (Å²) in [5.41, 5.74) is -1.11. The Bertz CT molecular complexity index is 1070. The molecule has 2 aromatic heterocycles. The maximum Gasteiger partial charge on any atom is 0.406 e. The number of aromatic nitrogens is 2. The Morgan fingerprint density at radius 3 is 2.64 bits per heavy atom. The van der Waals surface area contributed by atoms with Crippen LogP contribution in [0.15, 0.2) is 35.4 Å². The number of likely N-dealkylation sites (tertiary alicyclic amines) is 1. The van der Waals surface area contributed by atoms with Crippen molar-refractivity contribution in [2.75, 3.05) is 18.4 Å². The molecule has 0 spiro atoms. The van der Waals surface area contributed by atoms with Gasteiger partial charge in [0.15, 0.2) is 0 Å². The van der Waals surface area contributed by atoms with Gasteiger partial charge in [0.1, 0.15) is 18.2 Å². The summed E-state index contributed by atoms with van der Waals surface area (Å²) in [4.78, 5) is 29.8. The number of carbonyl (C=O) groups is 1. The third kappa shape index (κ3) is 5.92. The summed E-state index contributed by atoms with van der Waals surface area (Å²) in [5.74, 6) is -5.84. The molecule has 180 valence electrons. The first kappa shape index (κ1) is 24.7. The van der Waals surface area contributed by atoms with E-state index >= 15 is 0 Å². The third-order valence-electron chi connectivity index (χ3n) is 5.60. The van der Waals surface area contributed by atoms with Crippen molar-refractivity contribution in [3.8, 4) is 0 Å². The van der Waals surface area contributed by atoms with Crippen LogP contribution in [-0.4, -0.2) is 51.6 Å². The summed E-state index contributed by atoms with van der Waals surface area (Å²) in [6.45, 7) is 0.725. The second-order valence-electron chi connectivity index (χ2n) is 8.09. The van der Waals surface area contributed by atoms with E-state index in [-0.39, 0.29) is 30.0 Å². The molecule has 1 aliphatic rings. The van der Waals surface area contributed by atoms with E-state index in [1.807, 2.05) is 0 Å². The Morgan fingerprint density at radius 2 is 2.03 bits per heavy atom. The molecule has 33 heavy (non-hydrogen) atoms.